The van der Waals surface area contributed by atoms with E-state index in [1.807, 2.05) is 30.3 Å². The quantitative estimate of drug-likeness (QED) is 0.273. The monoisotopic (exact) mass is 335 g/mol. The van der Waals surface area contributed by atoms with Gasteiger partial charge in [0.2, 0.25) is 0 Å². The predicted octanol–water partition coefficient (Wildman–Crippen LogP) is 1.58. The van der Waals surface area contributed by atoms with Gasteiger partial charge in [-0.3, -0.25) is 4.79 Å². The van der Waals surface area contributed by atoms with Gasteiger partial charge in [0.05, 0.1) is 0 Å². The Balaban J connectivity index is 1.74. The van der Waals surface area contributed by atoms with Crippen LogP contribution in [0.4, 0.5) is 0 Å². The smallest absolute Gasteiger partial charge is 0.303 e. The van der Waals surface area contributed by atoms with Crippen molar-refractivity contribution in [3.05, 3.63) is 41.1 Å². The van der Waals surface area contributed by atoms with Gasteiger partial charge >= 0.3 is 5.97 Å². The van der Waals surface area contributed by atoms with E-state index in [2.05, 4.69) is 0 Å². The molecule has 0 aromatic heterocycles. The maximum absolute atomic E-state index is 12.2. The number of benzene rings is 1. The fraction of sp³-hybridized carbons (Fsp3) is 0.529. The lowest BCUT2D eigenvalue weighted by atomic mass is 10.1. The standard InChI is InChI=1S/C17H21NO6/c1-11(19)21-14-13(22-16-15(14)23-17(2,3)24-16)10-18(20)9-12-7-5-4-6-8-12/h4-8,10,13-16H,9H2,1-3H3/b18-10-/t13-,14+,15-,16-/m1/s1. The topological polar surface area (TPSA) is 80.1 Å². The van der Waals surface area contributed by atoms with Gasteiger partial charge in [-0.25, -0.2) is 4.74 Å². The number of hydroxylamine groups is 1. The predicted molar refractivity (Wildman–Crippen MR) is 84.1 cm³/mol. The minimum Gasteiger partial charge on any atom is -0.624 e. The highest BCUT2D eigenvalue weighted by molar-refractivity contribution is 5.68. The number of carbonyl (C=O) groups is 1. The molecule has 7 nitrogen and oxygen atoms in total. The maximum Gasteiger partial charge on any atom is 0.303 e. The summed E-state index contributed by atoms with van der Waals surface area (Å²) in [5, 5.41) is 12.2. The zero-order valence-corrected chi connectivity index (χ0v) is 13.9. The number of carbonyl (C=O) groups excluding carboxylic acids is 1. The lowest BCUT2D eigenvalue weighted by Crippen LogP contribution is -2.39. The van der Waals surface area contributed by atoms with Crippen molar-refractivity contribution in [2.75, 3.05) is 0 Å². The first-order valence-corrected chi connectivity index (χ1v) is 7.85. The van der Waals surface area contributed by atoms with Crippen LogP contribution in [0.15, 0.2) is 30.3 Å². The molecule has 0 bridgehead atoms. The molecule has 24 heavy (non-hydrogen) atoms. The molecular weight excluding hydrogens is 314 g/mol. The summed E-state index contributed by atoms with van der Waals surface area (Å²) in [7, 11) is 0. The Morgan fingerprint density at radius 2 is 2.04 bits per heavy atom. The van der Waals surface area contributed by atoms with E-state index in [0.29, 0.717) is 0 Å². The van der Waals surface area contributed by atoms with E-state index in [4.69, 9.17) is 18.9 Å². The molecule has 1 aromatic carbocycles. The van der Waals surface area contributed by atoms with Crippen molar-refractivity contribution in [3.63, 3.8) is 0 Å². The molecule has 2 heterocycles. The van der Waals surface area contributed by atoms with Gasteiger partial charge in [-0.05, 0) is 13.8 Å². The van der Waals surface area contributed by atoms with Crippen LogP contribution in [-0.4, -0.2) is 47.3 Å². The van der Waals surface area contributed by atoms with Crippen LogP contribution in [0, 0.1) is 5.21 Å². The van der Waals surface area contributed by atoms with Gasteiger partial charge < -0.3 is 24.2 Å². The van der Waals surface area contributed by atoms with Crippen molar-refractivity contribution < 1.29 is 28.5 Å². The van der Waals surface area contributed by atoms with E-state index in [1.54, 1.807) is 13.8 Å². The molecule has 0 spiro atoms. The third-order valence-corrected chi connectivity index (χ3v) is 3.82. The van der Waals surface area contributed by atoms with Crippen LogP contribution in [0.25, 0.3) is 0 Å². The number of fused-ring (bicyclic) bond motifs is 1. The van der Waals surface area contributed by atoms with Crippen LogP contribution in [0.2, 0.25) is 0 Å². The number of rotatable bonds is 4. The average molecular weight is 335 g/mol. The zero-order valence-electron chi connectivity index (χ0n) is 13.9. The van der Waals surface area contributed by atoms with Crippen LogP contribution in [0.5, 0.6) is 0 Å². The van der Waals surface area contributed by atoms with Crippen LogP contribution in [0.1, 0.15) is 26.3 Å². The summed E-state index contributed by atoms with van der Waals surface area (Å²) in [6.07, 6.45) is -1.31. The minimum absolute atomic E-state index is 0.177. The molecule has 0 unspecified atom stereocenters. The largest absolute Gasteiger partial charge is 0.624 e. The molecule has 1 aromatic rings. The first-order chi connectivity index (χ1) is 11.3. The van der Waals surface area contributed by atoms with E-state index in [9.17, 15) is 10.0 Å². The molecule has 2 fully saturated rings. The highest BCUT2D eigenvalue weighted by Gasteiger charge is 2.57. The molecule has 7 heteroatoms. The van der Waals surface area contributed by atoms with Crippen molar-refractivity contribution in [3.8, 4) is 0 Å². The summed E-state index contributed by atoms with van der Waals surface area (Å²) in [4.78, 5) is 11.4. The molecule has 0 amide bonds. The summed E-state index contributed by atoms with van der Waals surface area (Å²) in [6, 6.07) is 9.34. The summed E-state index contributed by atoms with van der Waals surface area (Å²) >= 11 is 0. The Kier molecular flexibility index (Phi) is 4.58. The van der Waals surface area contributed by atoms with Gasteiger partial charge in [0, 0.05) is 12.5 Å². The lowest BCUT2D eigenvalue weighted by Gasteiger charge is -2.23. The summed E-state index contributed by atoms with van der Waals surface area (Å²) in [5.74, 6) is -1.28. The summed E-state index contributed by atoms with van der Waals surface area (Å²) in [5.41, 5.74) is 0.875. The summed E-state index contributed by atoms with van der Waals surface area (Å²) in [6.45, 7) is 5.00. The molecule has 2 saturated heterocycles. The van der Waals surface area contributed by atoms with Gasteiger partial charge in [-0.15, -0.1) is 0 Å². The van der Waals surface area contributed by atoms with Gasteiger partial charge in [0.1, 0.15) is 0 Å². The highest BCUT2D eigenvalue weighted by atomic mass is 16.8. The number of hydrogen-bond donors (Lipinski definition) is 0. The second-order valence-corrected chi connectivity index (χ2v) is 6.35. The fourth-order valence-corrected chi connectivity index (χ4v) is 2.93. The molecule has 2 aliphatic heterocycles. The molecule has 0 saturated carbocycles. The molecule has 4 atom stereocenters. The Bertz CT molecular complexity index is 629. The Morgan fingerprint density at radius 1 is 1.33 bits per heavy atom. The molecular formula is C17H21NO6. The molecule has 3 rings (SSSR count). The Morgan fingerprint density at radius 3 is 2.71 bits per heavy atom. The van der Waals surface area contributed by atoms with Crippen molar-refractivity contribution in [1.29, 1.82) is 0 Å². The van der Waals surface area contributed by atoms with Crippen LogP contribution >= 0.6 is 0 Å². The highest BCUT2D eigenvalue weighted by Crippen LogP contribution is 2.38. The number of hydrogen-bond acceptors (Lipinski definition) is 6. The molecule has 130 valence electrons. The molecule has 0 radical (unpaired) electrons. The van der Waals surface area contributed by atoms with Crippen molar-refractivity contribution in [1.82, 2.24) is 0 Å². The maximum atomic E-state index is 12.2. The van der Waals surface area contributed by atoms with Crippen LogP contribution in [0.3, 0.4) is 0 Å². The normalized spacial score (nSPS) is 31.7. The van der Waals surface area contributed by atoms with Gasteiger partial charge in [0.15, 0.2) is 43.1 Å². The van der Waals surface area contributed by atoms with Crippen molar-refractivity contribution >= 4 is 12.2 Å². The Hall–Kier alpha value is -1.96. The minimum atomic E-state index is -0.820. The van der Waals surface area contributed by atoms with E-state index in [0.717, 1.165) is 10.3 Å². The van der Waals surface area contributed by atoms with Gasteiger partial charge in [0.25, 0.3) is 0 Å². The van der Waals surface area contributed by atoms with Gasteiger partial charge in [-0.2, -0.15) is 0 Å². The second kappa shape index (κ2) is 6.51. The SMILES string of the molecule is CC(=O)O[C@@H]1[C@H]2OC(C)(C)O[C@H]2O[C@@H]1/C=[N+](\[O-])Cc1ccccc1. The number of esters is 1. The third kappa shape index (κ3) is 3.75. The first kappa shape index (κ1) is 16.9. The van der Waals surface area contributed by atoms with Crippen LogP contribution < -0.4 is 0 Å². The van der Waals surface area contributed by atoms with E-state index >= 15 is 0 Å². The van der Waals surface area contributed by atoms with Crippen LogP contribution in [-0.2, 0) is 30.3 Å². The third-order valence-electron chi connectivity index (χ3n) is 3.82. The number of ether oxygens (including phenoxy) is 4. The second-order valence-electron chi connectivity index (χ2n) is 6.35. The lowest BCUT2D eigenvalue weighted by molar-refractivity contribution is -0.473. The van der Waals surface area contributed by atoms with Crippen molar-refractivity contribution in [2.45, 2.75) is 57.7 Å². The average Bonchev–Trinajstić information content (AvgIpc) is 2.93. The molecule has 0 N–H and O–H groups in total. The number of nitrogens with zero attached hydrogens (tertiary/aromatic N) is 1. The fourth-order valence-electron chi connectivity index (χ4n) is 2.93. The first-order valence-electron chi connectivity index (χ1n) is 7.85. The van der Waals surface area contributed by atoms with E-state index < -0.39 is 36.4 Å². The summed E-state index contributed by atoms with van der Waals surface area (Å²) < 4.78 is 23.2. The molecule has 2 aliphatic rings. The zero-order chi connectivity index (χ0) is 17.3. The van der Waals surface area contributed by atoms with Crippen molar-refractivity contribution in [2.24, 2.45) is 0 Å². The van der Waals surface area contributed by atoms with E-state index in [1.165, 1.54) is 13.1 Å². The van der Waals surface area contributed by atoms with E-state index in [-0.39, 0.29) is 6.54 Å². The Labute approximate surface area is 140 Å². The molecule has 0 aliphatic carbocycles. The van der Waals surface area contributed by atoms with Gasteiger partial charge in [-0.1, -0.05) is 30.3 Å².